The van der Waals surface area contributed by atoms with Gasteiger partial charge in [0, 0.05) is 57.9 Å². The number of carbonyl (C=O) groups excluding carboxylic acids is 4. The van der Waals surface area contributed by atoms with Gasteiger partial charge >= 0.3 is 12.1 Å². The molecular weight excluding hydrogens is 929 g/mol. The van der Waals surface area contributed by atoms with Crippen LogP contribution < -0.4 is 0 Å². The van der Waals surface area contributed by atoms with E-state index in [2.05, 4.69) is 0 Å². The second-order valence-electron chi connectivity index (χ2n) is 20.3. The monoisotopic (exact) mass is 1010 g/mol. The third-order valence-electron chi connectivity index (χ3n) is 14.6. The Morgan fingerprint density at radius 3 is 2.08 bits per heavy atom. The number of aldehydes is 1. The second-order valence-corrected chi connectivity index (χ2v) is 20.3. The molecule has 20 nitrogen and oxygen atoms in total. The highest BCUT2D eigenvalue weighted by atomic mass is 16.7. The van der Waals surface area contributed by atoms with Crippen LogP contribution in [0.1, 0.15) is 101 Å². The van der Waals surface area contributed by atoms with Gasteiger partial charge in [0.1, 0.15) is 48.5 Å². The summed E-state index contributed by atoms with van der Waals surface area (Å²) in [4.78, 5) is 56.2. The predicted molar refractivity (Wildman–Crippen MR) is 258 cm³/mol. The summed E-state index contributed by atoms with van der Waals surface area (Å²) in [7, 11) is 6.43. The SMILES string of the molecule is CC[C@H]1OC(=O)C[C@@H](O)[C@H](C)[C@@H](O[C@@H]2O[C@H](C)[C@@H](O[C@H]3C[C@@](C)(O)[C@@H](OC(=O)N(CC)CC)[C@H](C)O3)[C@H](N(C)C)[C@H]2O)[C@@H](CC=O)C[C@@H](C)C(=O)/C=C/C(C)=C/[C@@H]1CO[C@@H]1O[C@H](C)[C@@H](O)[C@@H](OC)[C@H]1OC. The molecule has 0 unspecified atom stereocenters. The zero-order valence-corrected chi connectivity index (χ0v) is 44.4. The number of ketones is 1. The van der Waals surface area contributed by atoms with Gasteiger partial charge in [0.05, 0.1) is 49.6 Å². The molecule has 4 heterocycles. The molecule has 0 aromatic rings. The van der Waals surface area contributed by atoms with Crippen molar-refractivity contribution in [1.82, 2.24) is 9.80 Å². The van der Waals surface area contributed by atoms with Gasteiger partial charge in [-0.2, -0.15) is 0 Å². The number of carbonyl (C=O) groups is 4. The molecule has 0 bridgehead atoms. The minimum absolute atomic E-state index is 0.0161. The van der Waals surface area contributed by atoms with Crippen molar-refractivity contribution in [2.75, 3.05) is 48.0 Å². The lowest BCUT2D eigenvalue weighted by Gasteiger charge is -2.50. The highest BCUT2D eigenvalue weighted by Crippen LogP contribution is 2.38. The van der Waals surface area contributed by atoms with Crippen LogP contribution >= 0.6 is 0 Å². The molecule has 0 aliphatic carbocycles. The number of aliphatic hydroxyl groups excluding tert-OH is 3. The molecule has 4 aliphatic rings. The molecule has 4 rings (SSSR count). The largest absolute Gasteiger partial charge is 0.462 e. The number of esters is 1. The number of ether oxygens (including phenoxy) is 10. The number of cyclic esters (lactones) is 1. The van der Waals surface area contributed by atoms with Crippen LogP contribution in [0.25, 0.3) is 0 Å². The van der Waals surface area contributed by atoms with Gasteiger partial charge in [-0.25, -0.2) is 4.79 Å². The summed E-state index contributed by atoms with van der Waals surface area (Å²) < 4.78 is 61.1. The topological polar surface area (TPSA) is 248 Å². The van der Waals surface area contributed by atoms with Gasteiger partial charge in [0.2, 0.25) is 0 Å². The lowest BCUT2D eigenvalue weighted by molar-refractivity contribution is -0.341. The number of nitrogens with zero attached hydrogens (tertiary/aromatic N) is 2. The van der Waals surface area contributed by atoms with E-state index < -0.39 is 146 Å². The molecule has 4 N–H and O–H groups in total. The average Bonchev–Trinajstić information content (AvgIpc) is 3.30. The molecule has 0 saturated carbocycles. The van der Waals surface area contributed by atoms with Crippen molar-refractivity contribution in [3.63, 3.8) is 0 Å². The highest BCUT2D eigenvalue weighted by molar-refractivity contribution is 5.91. The molecule has 1 amide bonds. The maximum Gasteiger partial charge on any atom is 0.410 e. The number of hydrogen-bond acceptors (Lipinski definition) is 19. The van der Waals surface area contributed by atoms with Gasteiger partial charge in [-0.05, 0) is 87.4 Å². The summed E-state index contributed by atoms with van der Waals surface area (Å²) >= 11 is 0. The minimum atomic E-state index is -1.54. The lowest BCUT2D eigenvalue weighted by atomic mass is 9.79. The maximum absolute atomic E-state index is 13.9. The number of likely N-dealkylation sites (N-methyl/N-ethyl adjacent to an activating group) is 1. The summed E-state index contributed by atoms with van der Waals surface area (Å²) in [6.45, 7) is 18.2. The molecule has 71 heavy (non-hydrogen) atoms. The molecule has 0 aromatic carbocycles. The Morgan fingerprint density at radius 2 is 1.51 bits per heavy atom. The molecule has 0 radical (unpaired) electrons. The Bertz CT molecular complexity index is 1760. The molecular formula is C51H86N2O18. The van der Waals surface area contributed by atoms with Crippen molar-refractivity contribution < 1.29 is 87.0 Å². The Hall–Kier alpha value is -2.96. The summed E-state index contributed by atoms with van der Waals surface area (Å²) in [5.74, 6) is -3.68. The lowest BCUT2D eigenvalue weighted by Crippen LogP contribution is -2.65. The molecule has 4 aliphatic heterocycles. The van der Waals surface area contributed by atoms with Crippen LogP contribution in [0.2, 0.25) is 0 Å². The number of rotatable bonds is 16. The summed E-state index contributed by atoms with van der Waals surface area (Å²) in [6, 6.07) is -0.789. The van der Waals surface area contributed by atoms with Crippen LogP contribution in [0.3, 0.4) is 0 Å². The van der Waals surface area contributed by atoms with Gasteiger partial charge in [0.25, 0.3) is 0 Å². The Morgan fingerprint density at radius 1 is 0.859 bits per heavy atom. The van der Waals surface area contributed by atoms with Crippen LogP contribution in [0.5, 0.6) is 0 Å². The molecule has 408 valence electrons. The van der Waals surface area contributed by atoms with E-state index >= 15 is 0 Å². The number of allylic oxidation sites excluding steroid dienone is 3. The van der Waals surface area contributed by atoms with Crippen molar-refractivity contribution in [2.24, 2.45) is 23.7 Å². The molecule has 3 saturated heterocycles. The Labute approximate surface area is 420 Å². The third kappa shape index (κ3) is 15.6. The number of aliphatic hydroxyl groups is 4. The van der Waals surface area contributed by atoms with Gasteiger partial charge in [-0.3, -0.25) is 9.59 Å². The first kappa shape index (κ1) is 60.6. The van der Waals surface area contributed by atoms with E-state index in [1.807, 2.05) is 26.8 Å². The van der Waals surface area contributed by atoms with E-state index in [1.54, 1.807) is 73.5 Å². The first-order valence-electron chi connectivity index (χ1n) is 25.3. The highest BCUT2D eigenvalue weighted by Gasteiger charge is 2.53. The van der Waals surface area contributed by atoms with Gasteiger partial charge in [-0.15, -0.1) is 0 Å². The second kappa shape index (κ2) is 27.5. The van der Waals surface area contributed by atoms with Gasteiger partial charge in [-0.1, -0.05) is 38.5 Å². The van der Waals surface area contributed by atoms with Crippen molar-refractivity contribution in [2.45, 2.75) is 205 Å². The third-order valence-corrected chi connectivity index (χ3v) is 14.6. The van der Waals surface area contributed by atoms with Crippen LogP contribution in [-0.4, -0.2) is 206 Å². The van der Waals surface area contributed by atoms with Crippen molar-refractivity contribution in [3.05, 3.63) is 23.8 Å². The average molecular weight is 1020 g/mol. The zero-order valence-electron chi connectivity index (χ0n) is 44.4. The van der Waals surface area contributed by atoms with Crippen LogP contribution in [0.4, 0.5) is 4.79 Å². The normalized spacial score (nSPS) is 42.4. The fourth-order valence-corrected chi connectivity index (χ4v) is 10.4. The van der Waals surface area contributed by atoms with Crippen LogP contribution in [-0.2, 0) is 61.8 Å². The van der Waals surface area contributed by atoms with Crippen LogP contribution in [0.15, 0.2) is 23.8 Å². The first-order chi connectivity index (χ1) is 33.5. The van der Waals surface area contributed by atoms with E-state index in [4.69, 9.17) is 47.4 Å². The number of amides is 1. The van der Waals surface area contributed by atoms with E-state index in [0.29, 0.717) is 31.4 Å². The quantitative estimate of drug-likeness (QED) is 0.128. The zero-order chi connectivity index (χ0) is 53.1. The number of hydrogen-bond donors (Lipinski definition) is 4. The Kier molecular flexibility index (Phi) is 23.5. The van der Waals surface area contributed by atoms with E-state index in [1.165, 1.54) is 25.2 Å². The molecule has 0 aromatic heterocycles. The predicted octanol–water partition coefficient (Wildman–Crippen LogP) is 3.32. The smallest absolute Gasteiger partial charge is 0.410 e. The van der Waals surface area contributed by atoms with E-state index in [0.717, 1.165) is 0 Å². The molecule has 3 fully saturated rings. The van der Waals surface area contributed by atoms with Crippen molar-refractivity contribution in [3.8, 4) is 0 Å². The van der Waals surface area contributed by atoms with Gasteiger partial charge in [0.15, 0.2) is 30.8 Å². The summed E-state index contributed by atoms with van der Waals surface area (Å²) in [5.41, 5.74) is -0.865. The summed E-state index contributed by atoms with van der Waals surface area (Å²) in [5, 5.41) is 46.3. The van der Waals surface area contributed by atoms with E-state index in [9.17, 15) is 39.6 Å². The minimum Gasteiger partial charge on any atom is -0.462 e. The van der Waals surface area contributed by atoms with Gasteiger partial charge < -0.3 is 82.4 Å². The molecule has 21 atom stereocenters. The fourth-order valence-electron chi connectivity index (χ4n) is 10.4. The molecule has 0 spiro atoms. The fraction of sp³-hybridized carbons (Fsp3) is 0.843. The first-order valence-corrected chi connectivity index (χ1v) is 25.3. The van der Waals surface area contributed by atoms with E-state index in [-0.39, 0.29) is 31.7 Å². The standard InChI is InChI=1S/C51H86N2O18/c1-15-37-34(26-64-49-46(63-14)45(62-13)41(58)30(7)66-49)22-27(4)18-19-35(55)28(5)23-33(20-21-54)43(29(6)36(56)24-38(57)68-37)70-48-42(59)40(52(11)12)44(31(8)67-48)69-39-25-51(10,61)47(32(9)65-39)71-50(60)53(16-2)17-3/h18-19,21-22,28-34,36-37,39-49,56,58-59,61H,15-17,20,23-26H2,1-14H3/b19-18+,27-22+/t28-,29+,30-,31-,32+,33+,34-,36-,37-,39+,40-,41-,42-,43-,44-,45-,46-,47+,48+,49-,51-/m1/s1. The molecule has 20 heteroatoms. The summed E-state index contributed by atoms with van der Waals surface area (Å²) in [6.07, 6.45) is -9.35. The van der Waals surface area contributed by atoms with Crippen molar-refractivity contribution >= 4 is 24.1 Å². The van der Waals surface area contributed by atoms with Crippen LogP contribution in [0, 0.1) is 23.7 Å². The Balaban J connectivity index is 1.59. The number of methoxy groups -OCH3 is 2. The maximum atomic E-state index is 13.9. The van der Waals surface area contributed by atoms with Crippen molar-refractivity contribution in [1.29, 1.82) is 0 Å².